The van der Waals surface area contributed by atoms with Gasteiger partial charge < -0.3 is 14.4 Å². The third-order valence-corrected chi connectivity index (χ3v) is 6.85. The number of nitrogens with zero attached hydrogens (tertiary/aromatic N) is 5. The topological polar surface area (TPSA) is 80.1 Å². The molecule has 3 heterocycles. The molecule has 1 atom stereocenters. The molecule has 0 bridgehead atoms. The second kappa shape index (κ2) is 9.99. The fourth-order valence-electron chi connectivity index (χ4n) is 4.81. The first-order valence-corrected chi connectivity index (χ1v) is 12.7. The Morgan fingerprint density at radius 3 is 2.60 bits per heavy atom. The van der Waals surface area contributed by atoms with Crippen LogP contribution in [-0.4, -0.2) is 78.2 Å². The molecule has 9 nitrogen and oxygen atoms in total. The second-order valence-corrected chi connectivity index (χ2v) is 10.0. The first-order valence-electron chi connectivity index (χ1n) is 12.7. The van der Waals surface area contributed by atoms with Gasteiger partial charge in [-0.25, -0.2) is 4.79 Å². The number of morpholine rings is 1. The molecule has 2 fully saturated rings. The predicted molar refractivity (Wildman–Crippen MR) is 134 cm³/mol. The van der Waals surface area contributed by atoms with Gasteiger partial charge in [0.05, 0.1) is 49.5 Å². The number of amides is 2. The van der Waals surface area contributed by atoms with Gasteiger partial charge in [-0.05, 0) is 51.3 Å². The van der Waals surface area contributed by atoms with Gasteiger partial charge in [-0.1, -0.05) is 6.07 Å². The summed E-state index contributed by atoms with van der Waals surface area (Å²) in [7, 11) is 0. The van der Waals surface area contributed by atoms with E-state index < -0.39 is 0 Å². The van der Waals surface area contributed by atoms with E-state index in [1.54, 1.807) is 4.90 Å². The van der Waals surface area contributed by atoms with E-state index in [0.29, 0.717) is 12.2 Å². The molecule has 188 valence electrons. The SMILES string of the molecule is CC(C)OC(=O)N1C[C@H](C)N(C(=O)C2CC2)c2ccc(-c3cnn(CCN4CCOCC4)c3)cc21. The third kappa shape index (κ3) is 5.21. The van der Waals surface area contributed by atoms with Gasteiger partial charge in [-0.2, -0.15) is 5.10 Å². The van der Waals surface area contributed by atoms with Crippen LogP contribution in [0.4, 0.5) is 16.2 Å². The quantitative estimate of drug-likeness (QED) is 0.629. The van der Waals surface area contributed by atoms with Gasteiger partial charge in [0.1, 0.15) is 0 Å². The van der Waals surface area contributed by atoms with Gasteiger partial charge in [-0.3, -0.25) is 19.3 Å². The Hall–Kier alpha value is -2.91. The smallest absolute Gasteiger partial charge is 0.414 e. The lowest BCUT2D eigenvalue weighted by Gasteiger charge is -2.41. The van der Waals surface area contributed by atoms with Crippen molar-refractivity contribution in [3.8, 4) is 11.1 Å². The van der Waals surface area contributed by atoms with Gasteiger partial charge >= 0.3 is 6.09 Å². The average molecular weight is 482 g/mol. The van der Waals surface area contributed by atoms with Crippen molar-refractivity contribution in [3.63, 3.8) is 0 Å². The summed E-state index contributed by atoms with van der Waals surface area (Å²) in [5, 5.41) is 4.56. The van der Waals surface area contributed by atoms with Gasteiger partial charge in [0.15, 0.2) is 0 Å². The van der Waals surface area contributed by atoms with Crippen molar-refractivity contribution in [1.29, 1.82) is 0 Å². The molecule has 0 radical (unpaired) electrons. The Balaban J connectivity index is 1.41. The highest BCUT2D eigenvalue weighted by Gasteiger charge is 2.41. The van der Waals surface area contributed by atoms with Crippen LogP contribution < -0.4 is 9.80 Å². The van der Waals surface area contributed by atoms with Gasteiger partial charge in [0.2, 0.25) is 5.91 Å². The zero-order chi connectivity index (χ0) is 24.5. The Labute approximate surface area is 206 Å². The lowest BCUT2D eigenvalue weighted by molar-refractivity contribution is -0.120. The van der Waals surface area contributed by atoms with Gasteiger partial charge in [0, 0.05) is 43.9 Å². The molecular weight excluding hydrogens is 446 g/mol. The molecule has 1 saturated carbocycles. The number of fused-ring (bicyclic) bond motifs is 1. The third-order valence-electron chi connectivity index (χ3n) is 6.85. The largest absolute Gasteiger partial charge is 0.446 e. The van der Waals surface area contributed by atoms with Crippen LogP contribution in [0.15, 0.2) is 30.6 Å². The van der Waals surface area contributed by atoms with Crippen molar-refractivity contribution < 1.29 is 19.1 Å². The Bertz CT molecular complexity index is 1070. The molecule has 3 aliphatic rings. The molecule has 1 aromatic heterocycles. The molecule has 2 aromatic rings. The zero-order valence-corrected chi connectivity index (χ0v) is 20.9. The highest BCUT2D eigenvalue weighted by molar-refractivity contribution is 6.05. The molecule has 9 heteroatoms. The number of anilines is 2. The number of rotatable bonds is 6. The Morgan fingerprint density at radius 2 is 1.89 bits per heavy atom. The van der Waals surface area contributed by atoms with Crippen LogP contribution in [0.25, 0.3) is 11.1 Å². The normalized spacial score (nSPS) is 20.7. The summed E-state index contributed by atoms with van der Waals surface area (Å²) >= 11 is 0. The second-order valence-electron chi connectivity index (χ2n) is 10.0. The van der Waals surface area contributed by atoms with Crippen molar-refractivity contribution in [2.24, 2.45) is 5.92 Å². The lowest BCUT2D eigenvalue weighted by atomic mass is 10.0. The zero-order valence-electron chi connectivity index (χ0n) is 20.9. The lowest BCUT2D eigenvalue weighted by Crippen LogP contribution is -2.52. The summed E-state index contributed by atoms with van der Waals surface area (Å²) in [6, 6.07) is 5.84. The van der Waals surface area contributed by atoms with Crippen molar-refractivity contribution in [2.45, 2.75) is 52.3 Å². The van der Waals surface area contributed by atoms with E-state index in [4.69, 9.17) is 9.47 Å². The minimum Gasteiger partial charge on any atom is -0.446 e. The monoisotopic (exact) mass is 481 g/mol. The summed E-state index contributed by atoms with van der Waals surface area (Å²) < 4.78 is 12.9. The van der Waals surface area contributed by atoms with E-state index in [1.807, 2.05) is 60.9 Å². The minimum absolute atomic E-state index is 0.101. The van der Waals surface area contributed by atoms with E-state index in [9.17, 15) is 9.59 Å². The van der Waals surface area contributed by atoms with Crippen LogP contribution >= 0.6 is 0 Å². The first-order chi connectivity index (χ1) is 16.9. The minimum atomic E-state index is -0.384. The Kier molecular flexibility index (Phi) is 6.80. The molecule has 2 aliphatic heterocycles. The molecule has 1 saturated heterocycles. The van der Waals surface area contributed by atoms with Crippen LogP contribution in [0, 0.1) is 5.92 Å². The number of carbonyl (C=O) groups excluding carboxylic acids is 2. The van der Waals surface area contributed by atoms with Crippen LogP contribution in [0.3, 0.4) is 0 Å². The molecule has 2 amide bonds. The fourth-order valence-corrected chi connectivity index (χ4v) is 4.81. The van der Waals surface area contributed by atoms with Crippen molar-refractivity contribution in [2.75, 3.05) is 49.2 Å². The summed E-state index contributed by atoms with van der Waals surface area (Å²) in [6.45, 7) is 11.3. The number of hydrogen-bond donors (Lipinski definition) is 0. The molecule has 1 aliphatic carbocycles. The predicted octanol–water partition coefficient (Wildman–Crippen LogP) is 3.38. The number of ether oxygens (including phenoxy) is 2. The highest BCUT2D eigenvalue weighted by atomic mass is 16.6. The van der Waals surface area contributed by atoms with Crippen LogP contribution in [0.2, 0.25) is 0 Å². The molecule has 0 unspecified atom stereocenters. The summed E-state index contributed by atoms with van der Waals surface area (Å²) in [4.78, 5) is 32.0. The Morgan fingerprint density at radius 1 is 1.11 bits per heavy atom. The molecule has 0 N–H and O–H groups in total. The van der Waals surface area contributed by atoms with Crippen LogP contribution in [-0.2, 0) is 20.8 Å². The standard InChI is InChI=1S/C26H35N5O4/c1-18(2)35-26(33)30-16-19(3)31(25(32)20-4-5-20)23-7-6-21(14-24(23)30)22-15-27-29(17-22)9-8-28-10-12-34-13-11-28/h6-7,14-15,17-20H,4-5,8-13,16H2,1-3H3/t19-/m0/s1. The summed E-state index contributed by atoms with van der Waals surface area (Å²) in [5.74, 6) is 0.253. The van der Waals surface area contributed by atoms with Crippen molar-refractivity contribution >= 4 is 23.4 Å². The molecule has 5 rings (SSSR count). The van der Waals surface area contributed by atoms with E-state index >= 15 is 0 Å². The van der Waals surface area contributed by atoms with Crippen molar-refractivity contribution in [3.05, 3.63) is 30.6 Å². The summed E-state index contributed by atoms with van der Waals surface area (Å²) in [6.07, 6.45) is 5.18. The van der Waals surface area contributed by atoms with Crippen LogP contribution in [0.5, 0.6) is 0 Å². The molecule has 0 spiro atoms. The maximum atomic E-state index is 13.1. The molecule has 35 heavy (non-hydrogen) atoms. The van der Waals surface area contributed by atoms with E-state index in [-0.39, 0.29) is 30.1 Å². The number of hydrogen-bond acceptors (Lipinski definition) is 6. The maximum absolute atomic E-state index is 13.1. The first kappa shape index (κ1) is 23.8. The maximum Gasteiger partial charge on any atom is 0.414 e. The molecular formula is C26H35N5O4. The summed E-state index contributed by atoms with van der Waals surface area (Å²) in [5.41, 5.74) is 3.41. The van der Waals surface area contributed by atoms with Crippen molar-refractivity contribution in [1.82, 2.24) is 14.7 Å². The van der Waals surface area contributed by atoms with Gasteiger partial charge in [-0.15, -0.1) is 0 Å². The number of carbonyl (C=O) groups is 2. The fraction of sp³-hybridized carbons (Fsp3) is 0.577. The number of aromatic nitrogens is 2. The van der Waals surface area contributed by atoms with Crippen LogP contribution in [0.1, 0.15) is 33.6 Å². The highest BCUT2D eigenvalue weighted by Crippen LogP contribution is 2.42. The number of benzene rings is 1. The van der Waals surface area contributed by atoms with E-state index in [2.05, 4.69) is 10.00 Å². The van der Waals surface area contributed by atoms with Gasteiger partial charge in [0.25, 0.3) is 0 Å². The average Bonchev–Trinajstić information content (AvgIpc) is 3.59. The molecule has 1 aromatic carbocycles. The van der Waals surface area contributed by atoms with E-state index in [1.165, 1.54) is 0 Å². The van der Waals surface area contributed by atoms with E-state index in [0.717, 1.165) is 69.0 Å².